The molecule has 0 bridgehead atoms. The molecule has 0 spiro atoms. The van der Waals surface area contributed by atoms with Crippen LogP contribution in [-0.4, -0.2) is 26.2 Å². The molecule has 0 saturated carbocycles. The molecule has 32 heavy (non-hydrogen) atoms. The van der Waals surface area contributed by atoms with Crippen molar-refractivity contribution in [2.24, 2.45) is 5.10 Å². The van der Waals surface area contributed by atoms with Crippen molar-refractivity contribution in [3.8, 4) is 5.75 Å². The van der Waals surface area contributed by atoms with Crippen molar-refractivity contribution in [1.82, 2.24) is 0 Å². The number of halogens is 1. The Labute approximate surface area is 189 Å². The van der Waals surface area contributed by atoms with Gasteiger partial charge in [-0.1, -0.05) is 23.7 Å². The molecule has 0 aliphatic carbocycles. The topological polar surface area (TPSA) is 123 Å². The average molecular weight is 475 g/mol. The van der Waals surface area contributed by atoms with Crippen molar-refractivity contribution >= 4 is 44.9 Å². The summed E-state index contributed by atoms with van der Waals surface area (Å²) in [5, 5.41) is 15.7. The van der Waals surface area contributed by atoms with E-state index in [2.05, 4.69) is 15.2 Å². The fraction of sp³-hybridized carbons (Fsp3) is 0.0952. The lowest BCUT2D eigenvalue weighted by Crippen LogP contribution is -2.15. The Morgan fingerprint density at radius 2 is 1.84 bits per heavy atom. The van der Waals surface area contributed by atoms with Crippen LogP contribution >= 0.6 is 11.6 Å². The minimum atomic E-state index is -4.18. The van der Waals surface area contributed by atoms with Crippen LogP contribution in [0, 0.1) is 10.1 Å². The predicted octanol–water partition coefficient (Wildman–Crippen LogP) is 4.89. The maximum Gasteiger partial charge on any atom is 0.270 e. The van der Waals surface area contributed by atoms with Gasteiger partial charge in [0.1, 0.15) is 10.6 Å². The molecule has 3 aromatic rings. The minimum Gasteiger partial charge on any atom is -0.493 e. The molecular weight excluding hydrogens is 456 g/mol. The van der Waals surface area contributed by atoms with Crippen LogP contribution in [0.15, 0.2) is 76.7 Å². The first kappa shape index (κ1) is 23.0. The Hall–Kier alpha value is -3.63. The molecule has 0 aromatic heterocycles. The number of sulfonamides is 1. The van der Waals surface area contributed by atoms with Gasteiger partial charge in [-0.2, -0.15) is 5.10 Å². The van der Waals surface area contributed by atoms with Crippen molar-refractivity contribution in [3.05, 3.63) is 87.4 Å². The van der Waals surface area contributed by atoms with Gasteiger partial charge in [0.2, 0.25) is 0 Å². The number of nitrogens with one attached hydrogen (secondary N) is 2. The minimum absolute atomic E-state index is 0.0576. The highest BCUT2D eigenvalue weighted by Gasteiger charge is 2.22. The summed E-state index contributed by atoms with van der Waals surface area (Å²) < 4.78 is 33.9. The Balaban J connectivity index is 1.93. The second-order valence-electron chi connectivity index (χ2n) is 6.39. The quantitative estimate of drug-likeness (QED) is 0.258. The molecule has 0 radical (unpaired) electrons. The van der Waals surface area contributed by atoms with Crippen LogP contribution < -0.4 is 14.9 Å². The third-order valence-electron chi connectivity index (χ3n) is 4.17. The van der Waals surface area contributed by atoms with Gasteiger partial charge in [-0.05, 0) is 49.4 Å². The number of nitro groups is 1. The SMILES string of the molecule is CCOc1ccccc1C=NNc1ccc([N+](=O)[O-])cc1S(=O)(=O)Nc1ccc(Cl)cc1. The zero-order valence-electron chi connectivity index (χ0n) is 16.9. The lowest BCUT2D eigenvalue weighted by atomic mass is 10.2. The number of hydrogen-bond donors (Lipinski definition) is 2. The third-order valence-corrected chi connectivity index (χ3v) is 5.84. The first-order chi connectivity index (χ1) is 15.3. The van der Waals surface area contributed by atoms with Crippen LogP contribution in [0.3, 0.4) is 0 Å². The maximum absolute atomic E-state index is 13.0. The molecule has 9 nitrogen and oxygen atoms in total. The van der Waals surface area contributed by atoms with Gasteiger partial charge in [0.25, 0.3) is 15.7 Å². The summed E-state index contributed by atoms with van der Waals surface area (Å²) in [6, 6.07) is 16.6. The molecule has 3 rings (SSSR count). The highest BCUT2D eigenvalue weighted by atomic mass is 35.5. The van der Waals surface area contributed by atoms with Gasteiger partial charge in [0, 0.05) is 28.4 Å². The summed E-state index contributed by atoms with van der Waals surface area (Å²) in [6.07, 6.45) is 1.47. The third kappa shape index (κ3) is 5.74. The molecule has 3 aromatic carbocycles. The largest absolute Gasteiger partial charge is 0.493 e. The lowest BCUT2D eigenvalue weighted by molar-refractivity contribution is -0.385. The number of benzene rings is 3. The number of anilines is 2. The summed E-state index contributed by atoms with van der Waals surface area (Å²) >= 11 is 5.83. The second-order valence-corrected chi connectivity index (χ2v) is 8.48. The first-order valence-corrected chi connectivity index (χ1v) is 11.2. The fourth-order valence-corrected chi connectivity index (χ4v) is 4.07. The van der Waals surface area contributed by atoms with Crippen molar-refractivity contribution in [2.45, 2.75) is 11.8 Å². The predicted molar refractivity (Wildman–Crippen MR) is 124 cm³/mol. The number of rotatable bonds is 9. The van der Waals surface area contributed by atoms with E-state index < -0.39 is 14.9 Å². The van der Waals surface area contributed by atoms with Gasteiger partial charge < -0.3 is 4.74 Å². The van der Waals surface area contributed by atoms with Crippen molar-refractivity contribution < 1.29 is 18.1 Å². The van der Waals surface area contributed by atoms with Crippen molar-refractivity contribution in [3.63, 3.8) is 0 Å². The van der Waals surface area contributed by atoms with Crippen molar-refractivity contribution in [1.29, 1.82) is 0 Å². The molecule has 0 unspecified atom stereocenters. The van der Waals surface area contributed by atoms with Gasteiger partial charge in [-0.15, -0.1) is 0 Å². The Morgan fingerprint density at radius 1 is 1.12 bits per heavy atom. The van der Waals surface area contributed by atoms with E-state index in [1.807, 2.05) is 19.1 Å². The summed E-state index contributed by atoms with van der Waals surface area (Å²) in [5.74, 6) is 0.612. The Kier molecular flexibility index (Phi) is 7.29. The number of nitrogens with zero attached hydrogens (tertiary/aromatic N) is 2. The number of nitro benzene ring substituents is 1. The highest BCUT2D eigenvalue weighted by Crippen LogP contribution is 2.29. The van der Waals surface area contributed by atoms with Crippen LogP contribution in [0.5, 0.6) is 5.75 Å². The Bertz CT molecular complexity index is 1250. The summed E-state index contributed by atoms with van der Waals surface area (Å²) in [4.78, 5) is 10.2. The van der Waals surface area contributed by atoms with E-state index in [0.29, 0.717) is 22.9 Å². The van der Waals surface area contributed by atoms with Crippen LogP contribution in [0.4, 0.5) is 17.1 Å². The van der Waals surface area contributed by atoms with E-state index in [1.165, 1.54) is 42.6 Å². The number of hydrazone groups is 1. The second kappa shape index (κ2) is 10.1. The van der Waals surface area contributed by atoms with E-state index in [4.69, 9.17) is 16.3 Å². The van der Waals surface area contributed by atoms with Gasteiger partial charge in [0.15, 0.2) is 0 Å². The van der Waals surface area contributed by atoms with Crippen LogP contribution in [0.25, 0.3) is 0 Å². The molecule has 0 saturated heterocycles. The van der Waals surface area contributed by atoms with Gasteiger partial charge >= 0.3 is 0 Å². The molecule has 0 aliphatic rings. The lowest BCUT2D eigenvalue weighted by Gasteiger charge is -2.12. The van der Waals surface area contributed by atoms with Gasteiger partial charge in [-0.25, -0.2) is 8.42 Å². The van der Waals surface area contributed by atoms with Crippen molar-refractivity contribution in [2.75, 3.05) is 16.8 Å². The zero-order chi connectivity index (χ0) is 23.1. The molecule has 11 heteroatoms. The number of non-ortho nitro benzene ring substituents is 1. The zero-order valence-corrected chi connectivity index (χ0v) is 18.4. The molecule has 166 valence electrons. The molecular formula is C21H19ClN4O5S. The smallest absolute Gasteiger partial charge is 0.270 e. The molecule has 0 atom stereocenters. The van der Waals surface area contributed by atoms with Gasteiger partial charge in [-0.3, -0.25) is 20.3 Å². The molecule has 0 heterocycles. The summed E-state index contributed by atoms with van der Waals surface area (Å²) in [5.41, 5.74) is 3.25. The van der Waals surface area contributed by atoms with Crippen LogP contribution in [0.1, 0.15) is 12.5 Å². The number of ether oxygens (including phenoxy) is 1. The normalized spacial score (nSPS) is 11.3. The van der Waals surface area contributed by atoms with E-state index in [0.717, 1.165) is 6.07 Å². The van der Waals surface area contributed by atoms with E-state index >= 15 is 0 Å². The monoisotopic (exact) mass is 474 g/mol. The summed E-state index contributed by atoms with van der Waals surface area (Å²) in [6.45, 7) is 2.33. The summed E-state index contributed by atoms with van der Waals surface area (Å²) in [7, 11) is -4.18. The van der Waals surface area contributed by atoms with E-state index in [1.54, 1.807) is 12.1 Å². The number of para-hydroxylation sites is 1. The average Bonchev–Trinajstić information content (AvgIpc) is 2.76. The molecule has 0 fully saturated rings. The molecule has 0 aliphatic heterocycles. The standard InChI is InChI=1S/C21H19ClN4O5S/c1-2-31-20-6-4-3-5-15(20)14-23-24-19-12-11-18(26(27)28)13-21(19)32(29,30)25-17-9-7-16(22)8-10-17/h3-14,24-25H,2H2,1H3. The van der Waals surface area contributed by atoms with Gasteiger partial charge in [0.05, 0.1) is 23.4 Å². The van der Waals surface area contributed by atoms with E-state index in [9.17, 15) is 18.5 Å². The van der Waals surface area contributed by atoms with Crippen LogP contribution in [-0.2, 0) is 10.0 Å². The molecule has 0 amide bonds. The Morgan fingerprint density at radius 3 is 2.53 bits per heavy atom. The van der Waals surface area contributed by atoms with E-state index in [-0.39, 0.29) is 22.0 Å². The van der Waals surface area contributed by atoms with Crippen LogP contribution in [0.2, 0.25) is 5.02 Å². The number of hydrogen-bond acceptors (Lipinski definition) is 7. The maximum atomic E-state index is 13.0. The fourth-order valence-electron chi connectivity index (χ4n) is 2.71. The highest BCUT2D eigenvalue weighted by molar-refractivity contribution is 7.92. The first-order valence-electron chi connectivity index (χ1n) is 9.38. The molecule has 2 N–H and O–H groups in total.